The molecule has 0 radical (unpaired) electrons. The molecule has 0 fully saturated rings. The van der Waals surface area contributed by atoms with Gasteiger partial charge in [0, 0.05) is 38.6 Å². The van der Waals surface area contributed by atoms with Crippen molar-refractivity contribution in [1.82, 2.24) is 24.6 Å². The molecule has 0 saturated heterocycles. The van der Waals surface area contributed by atoms with Gasteiger partial charge in [0.1, 0.15) is 5.82 Å². The second kappa shape index (κ2) is 8.30. The second-order valence-corrected chi connectivity index (χ2v) is 7.49. The summed E-state index contributed by atoms with van der Waals surface area (Å²) < 4.78 is 15.2. The van der Waals surface area contributed by atoms with E-state index in [0.29, 0.717) is 17.5 Å². The van der Waals surface area contributed by atoms with Crippen LogP contribution in [-0.4, -0.2) is 42.9 Å². The number of benzene rings is 1. The number of hydrogen-bond acceptors (Lipinski definition) is 5. The molecule has 0 N–H and O–H groups in total. The number of carbonyl (C=O) groups is 1. The fourth-order valence-corrected chi connectivity index (χ4v) is 3.61. The minimum Gasteiger partial charge on any atom is -0.340 e. The minimum absolute atomic E-state index is 0.0577. The van der Waals surface area contributed by atoms with E-state index in [2.05, 4.69) is 15.2 Å². The lowest BCUT2D eigenvalue weighted by Gasteiger charge is -2.21. The van der Waals surface area contributed by atoms with Gasteiger partial charge in [-0.15, -0.1) is 10.2 Å². The third-order valence-electron chi connectivity index (χ3n) is 4.09. The van der Waals surface area contributed by atoms with Crippen LogP contribution in [0.3, 0.4) is 0 Å². The molecule has 140 valence electrons. The fraction of sp³-hybridized carbons (Fsp3) is 0.263. The molecule has 0 aliphatic carbocycles. The van der Waals surface area contributed by atoms with Crippen LogP contribution in [-0.2, 0) is 18.4 Å². The molecule has 0 bridgehead atoms. The molecule has 0 spiro atoms. The molecule has 1 aromatic carbocycles. The van der Waals surface area contributed by atoms with Crippen LogP contribution in [0.5, 0.6) is 0 Å². The maximum atomic E-state index is 13.3. The van der Waals surface area contributed by atoms with Crippen molar-refractivity contribution in [3.05, 3.63) is 60.2 Å². The van der Waals surface area contributed by atoms with Crippen LogP contribution in [0.15, 0.2) is 53.9 Å². The Bertz CT molecular complexity index is 931. The van der Waals surface area contributed by atoms with Crippen LogP contribution < -0.4 is 0 Å². The van der Waals surface area contributed by atoms with Gasteiger partial charge in [-0.1, -0.05) is 23.9 Å². The minimum atomic E-state index is -0.350. The van der Waals surface area contributed by atoms with Gasteiger partial charge in [-0.05, 0) is 36.8 Å². The van der Waals surface area contributed by atoms with Gasteiger partial charge >= 0.3 is 0 Å². The molecular formula is C19H20FN5OS. The Morgan fingerprint density at radius 1 is 1.26 bits per heavy atom. The van der Waals surface area contributed by atoms with E-state index in [4.69, 9.17) is 0 Å². The van der Waals surface area contributed by atoms with E-state index in [1.165, 1.54) is 23.9 Å². The van der Waals surface area contributed by atoms with Crippen molar-refractivity contribution in [2.45, 2.75) is 23.9 Å². The summed E-state index contributed by atoms with van der Waals surface area (Å²) in [5.41, 5.74) is 1.66. The first-order valence-corrected chi connectivity index (χ1v) is 9.29. The van der Waals surface area contributed by atoms with Crippen molar-refractivity contribution in [1.29, 1.82) is 0 Å². The lowest BCUT2D eigenvalue weighted by Crippen LogP contribution is -2.33. The number of amides is 1. The molecule has 0 aliphatic heterocycles. The van der Waals surface area contributed by atoms with Crippen LogP contribution in [0.25, 0.3) is 11.4 Å². The molecule has 3 rings (SSSR count). The zero-order valence-corrected chi connectivity index (χ0v) is 16.2. The van der Waals surface area contributed by atoms with Gasteiger partial charge in [0.15, 0.2) is 11.0 Å². The van der Waals surface area contributed by atoms with E-state index in [1.807, 2.05) is 30.7 Å². The van der Waals surface area contributed by atoms with E-state index < -0.39 is 0 Å². The Labute approximate surface area is 161 Å². The Kier molecular flexibility index (Phi) is 5.85. The summed E-state index contributed by atoms with van der Waals surface area (Å²) in [4.78, 5) is 18.3. The number of carbonyl (C=O) groups excluding carboxylic acids is 1. The van der Waals surface area contributed by atoms with Crippen molar-refractivity contribution in [3.8, 4) is 11.4 Å². The Morgan fingerprint density at radius 2 is 2.00 bits per heavy atom. The number of nitrogens with zero attached hydrogens (tertiary/aromatic N) is 5. The van der Waals surface area contributed by atoms with Crippen LogP contribution >= 0.6 is 11.8 Å². The summed E-state index contributed by atoms with van der Waals surface area (Å²) in [6.07, 6.45) is 3.40. The smallest absolute Gasteiger partial charge is 0.235 e. The summed E-state index contributed by atoms with van der Waals surface area (Å²) in [5, 5.41) is 8.73. The highest BCUT2D eigenvalue weighted by molar-refractivity contribution is 8.00. The maximum Gasteiger partial charge on any atom is 0.235 e. The van der Waals surface area contributed by atoms with E-state index in [1.54, 1.807) is 36.5 Å². The van der Waals surface area contributed by atoms with Gasteiger partial charge in [-0.2, -0.15) is 0 Å². The number of thioether (sulfide) groups is 1. The van der Waals surface area contributed by atoms with Gasteiger partial charge in [0.2, 0.25) is 5.91 Å². The summed E-state index contributed by atoms with van der Waals surface area (Å²) in [6.45, 7) is 2.18. The van der Waals surface area contributed by atoms with Gasteiger partial charge in [0.05, 0.1) is 5.25 Å². The molecule has 1 atom stereocenters. The largest absolute Gasteiger partial charge is 0.340 e. The van der Waals surface area contributed by atoms with Crippen molar-refractivity contribution < 1.29 is 9.18 Å². The Hall–Kier alpha value is -2.74. The first kappa shape index (κ1) is 19.0. The molecular weight excluding hydrogens is 365 g/mol. The number of hydrogen-bond donors (Lipinski definition) is 0. The van der Waals surface area contributed by atoms with Gasteiger partial charge in [-0.3, -0.25) is 9.78 Å². The van der Waals surface area contributed by atoms with Crippen LogP contribution in [0, 0.1) is 5.82 Å². The molecule has 2 aromatic heterocycles. The van der Waals surface area contributed by atoms with Crippen molar-refractivity contribution in [2.75, 3.05) is 7.05 Å². The van der Waals surface area contributed by atoms with Crippen LogP contribution in [0.1, 0.15) is 12.5 Å². The molecule has 6 nitrogen and oxygen atoms in total. The van der Waals surface area contributed by atoms with E-state index in [9.17, 15) is 9.18 Å². The summed E-state index contributed by atoms with van der Waals surface area (Å²) >= 11 is 1.34. The van der Waals surface area contributed by atoms with Crippen LogP contribution in [0.4, 0.5) is 4.39 Å². The lowest BCUT2D eigenvalue weighted by molar-refractivity contribution is -0.129. The standard InChI is InChI=1S/C19H20FN5OS/c1-13(18(26)24(2)12-14-5-4-6-16(20)11-14)27-19-23-22-17(25(19)3)15-7-9-21-10-8-15/h4-11,13H,12H2,1-3H3. The van der Waals surface area contributed by atoms with E-state index in [-0.39, 0.29) is 17.0 Å². The van der Waals surface area contributed by atoms with Gasteiger partial charge < -0.3 is 9.47 Å². The molecule has 0 saturated carbocycles. The molecule has 8 heteroatoms. The quantitative estimate of drug-likeness (QED) is 0.610. The first-order chi connectivity index (χ1) is 13.0. The first-order valence-electron chi connectivity index (χ1n) is 8.41. The zero-order chi connectivity index (χ0) is 19.4. The fourth-order valence-electron chi connectivity index (χ4n) is 2.68. The van der Waals surface area contributed by atoms with E-state index >= 15 is 0 Å². The average Bonchev–Trinajstić information content (AvgIpc) is 3.02. The van der Waals surface area contributed by atoms with Crippen molar-refractivity contribution in [2.24, 2.45) is 7.05 Å². The number of halogens is 1. The highest BCUT2D eigenvalue weighted by atomic mass is 32.2. The topological polar surface area (TPSA) is 63.9 Å². The SMILES string of the molecule is CC(Sc1nnc(-c2ccncc2)n1C)C(=O)N(C)Cc1cccc(F)c1. The predicted octanol–water partition coefficient (Wildman–Crippen LogP) is 3.16. The van der Waals surface area contributed by atoms with Crippen molar-refractivity contribution >= 4 is 17.7 Å². The Morgan fingerprint density at radius 3 is 2.70 bits per heavy atom. The number of aromatic nitrogens is 4. The van der Waals surface area contributed by atoms with Gasteiger partial charge in [0.25, 0.3) is 0 Å². The normalized spacial score (nSPS) is 12.0. The summed E-state index contributed by atoms with van der Waals surface area (Å²) in [6, 6.07) is 9.98. The van der Waals surface area contributed by atoms with Crippen molar-refractivity contribution in [3.63, 3.8) is 0 Å². The molecule has 0 aliphatic rings. The summed E-state index contributed by atoms with van der Waals surface area (Å²) in [7, 11) is 3.58. The highest BCUT2D eigenvalue weighted by Gasteiger charge is 2.22. The highest BCUT2D eigenvalue weighted by Crippen LogP contribution is 2.26. The zero-order valence-electron chi connectivity index (χ0n) is 15.3. The predicted molar refractivity (Wildman–Crippen MR) is 102 cm³/mol. The van der Waals surface area contributed by atoms with Crippen LogP contribution in [0.2, 0.25) is 0 Å². The Balaban J connectivity index is 1.67. The number of pyridine rings is 1. The van der Waals surface area contributed by atoms with E-state index in [0.717, 1.165) is 11.1 Å². The summed E-state index contributed by atoms with van der Waals surface area (Å²) in [5.74, 6) is 0.351. The molecule has 1 amide bonds. The number of rotatable bonds is 6. The maximum absolute atomic E-state index is 13.3. The average molecular weight is 385 g/mol. The molecule has 3 aromatic rings. The lowest BCUT2D eigenvalue weighted by atomic mass is 10.2. The van der Waals surface area contributed by atoms with Gasteiger partial charge in [-0.25, -0.2) is 4.39 Å². The second-order valence-electron chi connectivity index (χ2n) is 6.19. The third kappa shape index (κ3) is 4.51. The molecule has 1 unspecified atom stereocenters. The molecule has 2 heterocycles. The molecule has 27 heavy (non-hydrogen) atoms. The monoisotopic (exact) mass is 385 g/mol. The third-order valence-corrected chi connectivity index (χ3v) is 5.21.